The molecule has 4 aromatic rings. The Morgan fingerprint density at radius 1 is 1.09 bits per heavy atom. The van der Waals surface area contributed by atoms with Crippen molar-refractivity contribution in [2.45, 2.75) is 32.4 Å². The van der Waals surface area contributed by atoms with Crippen LogP contribution in [0.15, 0.2) is 73.2 Å². The Balaban J connectivity index is 1.38. The molecule has 1 atom stereocenters. The van der Waals surface area contributed by atoms with E-state index in [-0.39, 0.29) is 11.9 Å². The molecular formula is C26H24ClN5O. The van der Waals surface area contributed by atoms with Gasteiger partial charge in [0.15, 0.2) is 5.82 Å². The van der Waals surface area contributed by atoms with Crippen molar-refractivity contribution >= 4 is 17.5 Å². The van der Waals surface area contributed by atoms with Gasteiger partial charge in [-0.15, -0.1) is 0 Å². The van der Waals surface area contributed by atoms with Gasteiger partial charge >= 0.3 is 0 Å². The number of amides is 1. The molecule has 2 aromatic heterocycles. The molecule has 33 heavy (non-hydrogen) atoms. The molecule has 1 aliphatic rings. The number of hydrogen-bond donors (Lipinski definition) is 0. The molecule has 1 unspecified atom stereocenters. The number of aromatic nitrogens is 4. The fourth-order valence-electron chi connectivity index (χ4n) is 4.35. The summed E-state index contributed by atoms with van der Waals surface area (Å²) in [5, 5.41) is 0.674. The van der Waals surface area contributed by atoms with Crippen LogP contribution in [0.2, 0.25) is 5.02 Å². The number of carbonyl (C=O) groups is 1. The Kier molecular flexibility index (Phi) is 5.92. The molecule has 1 saturated heterocycles. The number of benzene rings is 2. The van der Waals surface area contributed by atoms with Crippen LogP contribution < -0.4 is 0 Å². The molecule has 0 aliphatic carbocycles. The highest BCUT2D eigenvalue weighted by atomic mass is 35.5. The molecule has 1 fully saturated rings. The van der Waals surface area contributed by atoms with Gasteiger partial charge in [-0.2, -0.15) is 0 Å². The molecule has 0 bridgehead atoms. The monoisotopic (exact) mass is 457 g/mol. The third-order valence-corrected chi connectivity index (χ3v) is 6.34. The number of halogens is 1. The molecule has 0 N–H and O–H groups in total. The first-order chi connectivity index (χ1) is 16.1. The zero-order valence-electron chi connectivity index (χ0n) is 18.4. The molecule has 0 radical (unpaired) electrons. The molecule has 6 nitrogen and oxygen atoms in total. The van der Waals surface area contributed by atoms with Gasteiger partial charge in [-0.1, -0.05) is 23.7 Å². The van der Waals surface area contributed by atoms with Crippen molar-refractivity contribution in [3.63, 3.8) is 0 Å². The lowest BCUT2D eigenvalue weighted by molar-refractivity contribution is 0.0732. The van der Waals surface area contributed by atoms with E-state index in [4.69, 9.17) is 16.6 Å². The fourth-order valence-corrected chi connectivity index (χ4v) is 4.48. The molecule has 3 heterocycles. The highest BCUT2D eigenvalue weighted by Crippen LogP contribution is 2.33. The van der Waals surface area contributed by atoms with Crippen LogP contribution >= 0.6 is 11.6 Å². The molecule has 1 amide bonds. The third-order valence-electron chi connectivity index (χ3n) is 6.09. The van der Waals surface area contributed by atoms with E-state index in [0.29, 0.717) is 29.5 Å². The minimum absolute atomic E-state index is 0.0355. The number of hydrogen-bond acceptors (Lipinski definition) is 4. The average molecular weight is 458 g/mol. The Bertz CT molecular complexity index is 1280. The number of carbonyl (C=O) groups excluding carboxylic acids is 1. The predicted molar refractivity (Wildman–Crippen MR) is 128 cm³/mol. The Labute approximate surface area is 197 Å². The molecule has 2 aromatic carbocycles. The molecule has 5 rings (SSSR count). The summed E-state index contributed by atoms with van der Waals surface area (Å²) in [6.07, 6.45) is 7.34. The first-order valence-electron chi connectivity index (χ1n) is 11.0. The lowest BCUT2D eigenvalue weighted by Gasteiger charge is -2.25. The van der Waals surface area contributed by atoms with E-state index in [0.717, 1.165) is 35.5 Å². The Hall–Kier alpha value is -3.51. The molecular weight excluding hydrogens is 434 g/mol. The van der Waals surface area contributed by atoms with Crippen LogP contribution in [-0.4, -0.2) is 36.9 Å². The maximum atomic E-state index is 13.5. The number of likely N-dealkylation sites (tertiary alicyclic amines) is 1. The lowest BCUT2D eigenvalue weighted by Crippen LogP contribution is -2.31. The summed E-state index contributed by atoms with van der Waals surface area (Å²) < 4.78 is 2.07. The van der Waals surface area contributed by atoms with E-state index in [9.17, 15) is 4.79 Å². The first-order valence-corrected chi connectivity index (χ1v) is 11.4. The van der Waals surface area contributed by atoms with Crippen molar-refractivity contribution in [1.29, 1.82) is 0 Å². The smallest absolute Gasteiger partial charge is 0.254 e. The maximum Gasteiger partial charge on any atom is 0.254 e. The number of imidazole rings is 1. The Morgan fingerprint density at radius 2 is 1.94 bits per heavy atom. The molecule has 7 heteroatoms. The molecule has 1 aliphatic heterocycles. The standard InChI is InChI=1S/C26H24ClN5O/c1-18-28-13-15-31(18)17-19-4-2-5-21(16-19)26(33)32-14-3-6-24(32)23-11-12-29-25(30-23)20-7-9-22(27)10-8-20/h2,4-5,7-13,15-16,24H,3,6,14,17H2,1H3. The van der Waals surface area contributed by atoms with Gasteiger partial charge in [-0.25, -0.2) is 15.0 Å². The van der Waals surface area contributed by atoms with Crippen LogP contribution in [0.1, 0.15) is 46.3 Å². The predicted octanol–water partition coefficient (Wildman–Crippen LogP) is 5.33. The highest BCUT2D eigenvalue weighted by Gasteiger charge is 2.32. The van der Waals surface area contributed by atoms with E-state index in [1.54, 1.807) is 12.4 Å². The summed E-state index contributed by atoms with van der Waals surface area (Å²) in [6, 6.07) is 17.2. The second-order valence-corrected chi connectivity index (χ2v) is 8.71. The minimum Gasteiger partial charge on any atom is -0.331 e. The van der Waals surface area contributed by atoms with Gasteiger partial charge in [0.25, 0.3) is 5.91 Å². The summed E-state index contributed by atoms with van der Waals surface area (Å²) in [6.45, 7) is 3.38. The van der Waals surface area contributed by atoms with Gasteiger partial charge in [-0.05, 0) is 67.8 Å². The van der Waals surface area contributed by atoms with Crippen molar-refractivity contribution in [3.8, 4) is 11.4 Å². The van der Waals surface area contributed by atoms with Crippen molar-refractivity contribution < 1.29 is 4.79 Å². The van der Waals surface area contributed by atoms with Crippen LogP contribution in [0.3, 0.4) is 0 Å². The second-order valence-electron chi connectivity index (χ2n) is 8.27. The van der Waals surface area contributed by atoms with Gasteiger partial charge < -0.3 is 9.47 Å². The average Bonchev–Trinajstić information content (AvgIpc) is 3.49. The summed E-state index contributed by atoms with van der Waals surface area (Å²) in [5.41, 5.74) is 3.54. The van der Waals surface area contributed by atoms with Crippen LogP contribution in [0.4, 0.5) is 0 Å². The van der Waals surface area contributed by atoms with Gasteiger partial charge in [0.2, 0.25) is 0 Å². The number of rotatable bonds is 5. The summed E-state index contributed by atoms with van der Waals surface area (Å²) >= 11 is 6.01. The highest BCUT2D eigenvalue weighted by molar-refractivity contribution is 6.30. The minimum atomic E-state index is -0.0638. The normalized spacial score (nSPS) is 15.7. The van der Waals surface area contributed by atoms with Crippen LogP contribution in [-0.2, 0) is 6.54 Å². The second kappa shape index (κ2) is 9.16. The van der Waals surface area contributed by atoms with Crippen molar-refractivity contribution in [2.24, 2.45) is 0 Å². The topological polar surface area (TPSA) is 63.9 Å². The molecule has 166 valence electrons. The van der Waals surface area contributed by atoms with E-state index >= 15 is 0 Å². The van der Waals surface area contributed by atoms with Crippen LogP contribution in [0, 0.1) is 6.92 Å². The molecule has 0 spiro atoms. The zero-order chi connectivity index (χ0) is 22.8. The lowest BCUT2D eigenvalue weighted by atomic mass is 10.1. The van der Waals surface area contributed by atoms with E-state index in [1.807, 2.05) is 72.6 Å². The van der Waals surface area contributed by atoms with Crippen LogP contribution in [0.5, 0.6) is 0 Å². The quantitative estimate of drug-likeness (QED) is 0.406. The summed E-state index contributed by atoms with van der Waals surface area (Å²) in [5.74, 6) is 1.63. The van der Waals surface area contributed by atoms with Gasteiger partial charge in [-0.3, -0.25) is 4.79 Å². The van der Waals surface area contributed by atoms with E-state index in [1.165, 1.54) is 0 Å². The van der Waals surface area contributed by atoms with Gasteiger partial charge in [0, 0.05) is 47.8 Å². The largest absolute Gasteiger partial charge is 0.331 e. The summed E-state index contributed by atoms with van der Waals surface area (Å²) in [4.78, 5) is 28.9. The van der Waals surface area contributed by atoms with Crippen LogP contribution in [0.25, 0.3) is 11.4 Å². The van der Waals surface area contributed by atoms with Gasteiger partial charge in [0.05, 0.1) is 11.7 Å². The third kappa shape index (κ3) is 4.52. The first kappa shape index (κ1) is 21.3. The number of nitrogens with zero attached hydrogens (tertiary/aromatic N) is 5. The van der Waals surface area contributed by atoms with Gasteiger partial charge in [0.1, 0.15) is 5.82 Å². The van der Waals surface area contributed by atoms with E-state index in [2.05, 4.69) is 14.5 Å². The van der Waals surface area contributed by atoms with Crippen molar-refractivity contribution in [1.82, 2.24) is 24.4 Å². The SMILES string of the molecule is Cc1nccn1Cc1cccc(C(=O)N2CCCC2c2ccnc(-c3ccc(Cl)cc3)n2)c1. The summed E-state index contributed by atoms with van der Waals surface area (Å²) in [7, 11) is 0. The molecule has 0 saturated carbocycles. The van der Waals surface area contributed by atoms with E-state index < -0.39 is 0 Å². The van der Waals surface area contributed by atoms with Crippen molar-refractivity contribution in [3.05, 3.63) is 101 Å². The fraction of sp³-hybridized carbons (Fsp3) is 0.231. The number of aryl methyl sites for hydroxylation is 1. The maximum absolute atomic E-state index is 13.5. The zero-order valence-corrected chi connectivity index (χ0v) is 19.1. The Morgan fingerprint density at radius 3 is 2.73 bits per heavy atom. The van der Waals surface area contributed by atoms with Crippen molar-refractivity contribution in [2.75, 3.05) is 6.54 Å².